The molecule has 0 heterocycles. The number of ether oxygens (including phenoxy) is 3. The normalized spacial score (nSPS) is 10.9. The number of anilines is 1. The molecule has 6 nitrogen and oxygen atoms in total. The first-order chi connectivity index (χ1) is 13.9. The van der Waals surface area contributed by atoms with Gasteiger partial charge in [-0.2, -0.15) is 8.78 Å². The molecular weight excluding hydrogens is 382 g/mol. The largest absolute Gasteiger partial charge is 0.493 e. The van der Waals surface area contributed by atoms with Crippen molar-refractivity contribution < 1.29 is 27.8 Å². The van der Waals surface area contributed by atoms with Gasteiger partial charge in [-0.15, -0.1) is 0 Å². The maximum absolute atomic E-state index is 12.3. The van der Waals surface area contributed by atoms with E-state index in [0.29, 0.717) is 36.9 Å². The minimum atomic E-state index is -2.88. The molecule has 0 aliphatic heterocycles. The number of alkyl halides is 2. The summed E-state index contributed by atoms with van der Waals surface area (Å²) in [6, 6.07) is 11.5. The van der Waals surface area contributed by atoms with Gasteiger partial charge >= 0.3 is 6.61 Å². The van der Waals surface area contributed by atoms with Gasteiger partial charge in [0.15, 0.2) is 11.5 Å². The molecule has 29 heavy (non-hydrogen) atoms. The van der Waals surface area contributed by atoms with Crippen LogP contribution >= 0.6 is 0 Å². The number of rotatable bonds is 11. The zero-order chi connectivity index (χ0) is 21.2. The van der Waals surface area contributed by atoms with Gasteiger partial charge in [0.2, 0.25) is 5.91 Å². The molecule has 0 radical (unpaired) electrons. The second-order valence-corrected chi connectivity index (χ2v) is 6.17. The highest BCUT2D eigenvalue weighted by atomic mass is 19.3. The molecule has 0 aliphatic rings. The fourth-order valence-corrected chi connectivity index (χ4v) is 2.75. The molecule has 1 N–H and O–H groups in total. The van der Waals surface area contributed by atoms with Gasteiger partial charge in [-0.1, -0.05) is 13.0 Å². The summed E-state index contributed by atoms with van der Waals surface area (Å²) in [6.07, 6.45) is 0. The van der Waals surface area contributed by atoms with Crippen LogP contribution in [0.1, 0.15) is 19.4 Å². The smallest absolute Gasteiger partial charge is 0.387 e. The van der Waals surface area contributed by atoms with E-state index in [9.17, 15) is 13.6 Å². The van der Waals surface area contributed by atoms with Crippen LogP contribution in [-0.4, -0.2) is 44.2 Å². The van der Waals surface area contributed by atoms with E-state index < -0.39 is 6.61 Å². The summed E-state index contributed by atoms with van der Waals surface area (Å²) in [6.45, 7) is 2.96. The molecule has 0 saturated heterocycles. The van der Waals surface area contributed by atoms with E-state index in [1.165, 1.54) is 24.3 Å². The van der Waals surface area contributed by atoms with Crippen LogP contribution in [0.3, 0.4) is 0 Å². The summed E-state index contributed by atoms with van der Waals surface area (Å²) >= 11 is 0. The lowest BCUT2D eigenvalue weighted by molar-refractivity contribution is -0.117. The summed E-state index contributed by atoms with van der Waals surface area (Å²) < 4.78 is 39.6. The first-order valence-corrected chi connectivity index (χ1v) is 9.31. The van der Waals surface area contributed by atoms with Crippen molar-refractivity contribution in [3.63, 3.8) is 0 Å². The minimum absolute atomic E-state index is 0.0395. The van der Waals surface area contributed by atoms with Gasteiger partial charge in [-0.05, 0) is 55.4 Å². The van der Waals surface area contributed by atoms with Crippen LogP contribution in [0.2, 0.25) is 0 Å². The van der Waals surface area contributed by atoms with Crippen molar-refractivity contribution in [1.82, 2.24) is 4.90 Å². The number of carbonyl (C=O) groups is 1. The number of hydrogen-bond acceptors (Lipinski definition) is 5. The Hall–Kier alpha value is -2.87. The highest BCUT2D eigenvalue weighted by molar-refractivity contribution is 5.92. The van der Waals surface area contributed by atoms with E-state index >= 15 is 0 Å². The van der Waals surface area contributed by atoms with Crippen LogP contribution in [0.15, 0.2) is 42.5 Å². The predicted molar refractivity (Wildman–Crippen MR) is 107 cm³/mol. The number of likely N-dealkylation sites (N-methyl/N-ethyl adjacent to an activating group) is 1. The SMILES string of the molecule is CCOc1ccc(CN(CC)CC(=O)Nc2ccc(OC(F)F)cc2)cc1OC. The van der Waals surface area contributed by atoms with Crippen molar-refractivity contribution >= 4 is 11.6 Å². The van der Waals surface area contributed by atoms with Crippen molar-refractivity contribution in [3.8, 4) is 17.2 Å². The molecule has 0 aromatic heterocycles. The number of nitrogens with one attached hydrogen (secondary N) is 1. The molecule has 8 heteroatoms. The summed E-state index contributed by atoms with van der Waals surface area (Å²) in [5.41, 5.74) is 1.50. The maximum atomic E-state index is 12.3. The van der Waals surface area contributed by atoms with Gasteiger partial charge in [-0.3, -0.25) is 9.69 Å². The van der Waals surface area contributed by atoms with Crippen LogP contribution in [0.25, 0.3) is 0 Å². The van der Waals surface area contributed by atoms with Gasteiger partial charge in [0.25, 0.3) is 0 Å². The number of methoxy groups -OCH3 is 1. The molecule has 0 aliphatic carbocycles. The van der Waals surface area contributed by atoms with E-state index in [4.69, 9.17) is 9.47 Å². The zero-order valence-corrected chi connectivity index (χ0v) is 16.8. The summed E-state index contributed by atoms with van der Waals surface area (Å²) in [5.74, 6) is 1.17. The molecule has 0 saturated carbocycles. The van der Waals surface area contributed by atoms with Crippen molar-refractivity contribution in [2.45, 2.75) is 27.0 Å². The quantitative estimate of drug-likeness (QED) is 0.605. The predicted octanol–water partition coefficient (Wildman–Crippen LogP) is 4.16. The highest BCUT2D eigenvalue weighted by Gasteiger charge is 2.13. The lowest BCUT2D eigenvalue weighted by atomic mass is 10.2. The van der Waals surface area contributed by atoms with Gasteiger partial charge in [-0.25, -0.2) is 0 Å². The Kier molecular flexibility index (Phi) is 8.67. The molecule has 158 valence electrons. The maximum Gasteiger partial charge on any atom is 0.387 e. The fourth-order valence-electron chi connectivity index (χ4n) is 2.75. The van der Waals surface area contributed by atoms with Crippen LogP contribution in [-0.2, 0) is 11.3 Å². The van der Waals surface area contributed by atoms with Crippen molar-refractivity contribution in [1.29, 1.82) is 0 Å². The van der Waals surface area contributed by atoms with Crippen LogP contribution in [0.5, 0.6) is 17.2 Å². The number of benzene rings is 2. The first kappa shape index (κ1) is 22.4. The van der Waals surface area contributed by atoms with E-state index in [-0.39, 0.29) is 18.2 Å². The number of halogens is 2. The fraction of sp³-hybridized carbons (Fsp3) is 0.381. The Balaban J connectivity index is 1.94. The van der Waals surface area contributed by atoms with Crippen LogP contribution < -0.4 is 19.5 Å². The second-order valence-electron chi connectivity index (χ2n) is 6.17. The number of nitrogens with zero attached hydrogens (tertiary/aromatic N) is 1. The third kappa shape index (κ3) is 7.23. The number of carbonyl (C=O) groups excluding carboxylic acids is 1. The van der Waals surface area contributed by atoms with Crippen molar-refractivity contribution in [2.24, 2.45) is 0 Å². The molecule has 2 rings (SSSR count). The van der Waals surface area contributed by atoms with Crippen molar-refractivity contribution in [2.75, 3.05) is 32.1 Å². The van der Waals surface area contributed by atoms with E-state index in [2.05, 4.69) is 10.1 Å². The van der Waals surface area contributed by atoms with E-state index in [1.54, 1.807) is 7.11 Å². The Morgan fingerprint density at radius 3 is 2.41 bits per heavy atom. The van der Waals surface area contributed by atoms with Crippen LogP contribution in [0, 0.1) is 0 Å². The number of hydrogen-bond donors (Lipinski definition) is 1. The third-order valence-corrected chi connectivity index (χ3v) is 4.11. The van der Waals surface area contributed by atoms with E-state index in [1.807, 2.05) is 36.9 Å². The molecule has 2 aromatic carbocycles. The van der Waals surface area contributed by atoms with Gasteiger partial charge in [0, 0.05) is 12.2 Å². The van der Waals surface area contributed by atoms with Crippen molar-refractivity contribution in [3.05, 3.63) is 48.0 Å². The molecule has 2 aromatic rings. The molecule has 0 unspecified atom stereocenters. The second kappa shape index (κ2) is 11.2. The number of amides is 1. The standard InChI is InChI=1S/C21H26F2N2O4/c1-4-25(13-15-6-11-18(28-5-2)19(12-15)27-3)14-20(26)24-16-7-9-17(10-8-16)29-21(22)23/h6-12,21H,4-5,13-14H2,1-3H3,(H,24,26). The Morgan fingerprint density at radius 2 is 1.83 bits per heavy atom. The summed E-state index contributed by atoms with van der Waals surface area (Å²) in [4.78, 5) is 14.3. The first-order valence-electron chi connectivity index (χ1n) is 9.31. The Bertz CT molecular complexity index is 785. The lowest BCUT2D eigenvalue weighted by Gasteiger charge is -2.21. The topological polar surface area (TPSA) is 60.0 Å². The van der Waals surface area contributed by atoms with E-state index in [0.717, 1.165) is 5.56 Å². The summed E-state index contributed by atoms with van der Waals surface area (Å²) in [5, 5.41) is 2.75. The monoisotopic (exact) mass is 408 g/mol. The Labute approximate surface area is 169 Å². The molecule has 1 amide bonds. The third-order valence-electron chi connectivity index (χ3n) is 4.11. The van der Waals surface area contributed by atoms with Gasteiger partial charge in [0.1, 0.15) is 5.75 Å². The highest BCUT2D eigenvalue weighted by Crippen LogP contribution is 2.28. The average Bonchev–Trinajstić information content (AvgIpc) is 2.69. The molecule has 0 bridgehead atoms. The minimum Gasteiger partial charge on any atom is -0.493 e. The molecule has 0 fully saturated rings. The average molecular weight is 408 g/mol. The van der Waals surface area contributed by atoms with Gasteiger partial charge < -0.3 is 19.5 Å². The molecular formula is C21H26F2N2O4. The zero-order valence-electron chi connectivity index (χ0n) is 16.8. The van der Waals surface area contributed by atoms with Crippen LogP contribution in [0.4, 0.5) is 14.5 Å². The summed E-state index contributed by atoms with van der Waals surface area (Å²) in [7, 11) is 1.59. The Morgan fingerprint density at radius 1 is 1.10 bits per heavy atom. The lowest BCUT2D eigenvalue weighted by Crippen LogP contribution is -2.32. The van der Waals surface area contributed by atoms with Gasteiger partial charge in [0.05, 0.1) is 20.3 Å². The molecule has 0 spiro atoms. The molecule has 0 atom stereocenters.